The van der Waals surface area contributed by atoms with Gasteiger partial charge in [0.15, 0.2) is 0 Å². The second-order valence-electron chi connectivity index (χ2n) is 6.76. The molecule has 1 atom stereocenters. The van der Waals surface area contributed by atoms with Crippen LogP contribution in [0, 0.1) is 11.8 Å². The van der Waals surface area contributed by atoms with E-state index in [1.165, 1.54) is 0 Å². The molecule has 7 nitrogen and oxygen atoms in total. The lowest BCUT2D eigenvalue weighted by Crippen LogP contribution is -2.40. The standard InChI is InChI=1S/C15H29N5O2/c1-12(2)13(11-17-14(21)22-15(3,4)5)10-16-6-8-20-9-7-18-19-20/h7,9,12-13,16H,6,8,10-11H2,1-5H3,(H,17,21). The maximum atomic E-state index is 11.7. The van der Waals surface area contributed by atoms with Crippen LogP contribution in [0.3, 0.4) is 0 Å². The van der Waals surface area contributed by atoms with Crippen molar-refractivity contribution in [3.8, 4) is 0 Å². The Morgan fingerprint density at radius 3 is 2.59 bits per heavy atom. The van der Waals surface area contributed by atoms with Gasteiger partial charge in [0, 0.05) is 19.3 Å². The molecule has 1 aromatic heterocycles. The number of carbonyl (C=O) groups is 1. The molecular weight excluding hydrogens is 282 g/mol. The van der Waals surface area contributed by atoms with Crippen LogP contribution >= 0.6 is 0 Å². The van der Waals surface area contributed by atoms with Crippen LogP contribution in [0.25, 0.3) is 0 Å². The number of nitrogens with zero attached hydrogens (tertiary/aromatic N) is 3. The van der Waals surface area contributed by atoms with E-state index in [4.69, 9.17) is 4.74 Å². The summed E-state index contributed by atoms with van der Waals surface area (Å²) in [6.07, 6.45) is 3.15. The number of carbonyl (C=O) groups excluding carboxylic acids is 1. The van der Waals surface area contributed by atoms with Gasteiger partial charge in [-0.3, -0.25) is 4.68 Å². The monoisotopic (exact) mass is 311 g/mol. The molecule has 22 heavy (non-hydrogen) atoms. The first kappa shape index (κ1) is 18.4. The van der Waals surface area contributed by atoms with Crippen molar-refractivity contribution in [1.29, 1.82) is 0 Å². The Morgan fingerprint density at radius 2 is 2.05 bits per heavy atom. The predicted molar refractivity (Wildman–Crippen MR) is 85.5 cm³/mol. The molecule has 0 aromatic carbocycles. The first-order valence-corrected chi connectivity index (χ1v) is 7.79. The van der Waals surface area contributed by atoms with Crippen LogP contribution < -0.4 is 10.6 Å². The number of nitrogens with one attached hydrogen (secondary N) is 2. The van der Waals surface area contributed by atoms with E-state index in [1.807, 2.05) is 27.0 Å². The molecule has 1 rings (SSSR count). The van der Waals surface area contributed by atoms with Crippen LogP contribution in [0.15, 0.2) is 12.4 Å². The first-order valence-electron chi connectivity index (χ1n) is 7.79. The van der Waals surface area contributed by atoms with Gasteiger partial charge in [0.1, 0.15) is 5.60 Å². The number of rotatable bonds is 8. The highest BCUT2D eigenvalue weighted by Crippen LogP contribution is 2.10. The zero-order valence-corrected chi connectivity index (χ0v) is 14.3. The van der Waals surface area contributed by atoms with E-state index in [1.54, 1.807) is 10.9 Å². The van der Waals surface area contributed by atoms with Crippen LogP contribution in [0.4, 0.5) is 4.79 Å². The third-order valence-corrected chi connectivity index (χ3v) is 3.25. The van der Waals surface area contributed by atoms with E-state index in [0.717, 1.165) is 19.6 Å². The number of hydrogen-bond donors (Lipinski definition) is 2. The molecule has 1 aromatic rings. The number of amides is 1. The van der Waals surface area contributed by atoms with Crippen LogP contribution in [0.5, 0.6) is 0 Å². The van der Waals surface area contributed by atoms with E-state index >= 15 is 0 Å². The summed E-state index contributed by atoms with van der Waals surface area (Å²) in [5.41, 5.74) is -0.465. The number of hydrogen-bond acceptors (Lipinski definition) is 5. The summed E-state index contributed by atoms with van der Waals surface area (Å²) in [6.45, 7) is 12.9. The maximum absolute atomic E-state index is 11.7. The Hall–Kier alpha value is -1.63. The lowest BCUT2D eigenvalue weighted by molar-refractivity contribution is 0.0515. The number of aromatic nitrogens is 3. The van der Waals surface area contributed by atoms with Gasteiger partial charge in [-0.05, 0) is 39.2 Å². The fourth-order valence-electron chi connectivity index (χ4n) is 1.91. The van der Waals surface area contributed by atoms with Crippen molar-refractivity contribution in [2.45, 2.75) is 46.8 Å². The fourth-order valence-corrected chi connectivity index (χ4v) is 1.91. The quantitative estimate of drug-likeness (QED) is 0.714. The third-order valence-electron chi connectivity index (χ3n) is 3.25. The summed E-state index contributed by atoms with van der Waals surface area (Å²) >= 11 is 0. The number of ether oxygens (including phenoxy) is 1. The smallest absolute Gasteiger partial charge is 0.407 e. The van der Waals surface area contributed by atoms with Gasteiger partial charge >= 0.3 is 6.09 Å². The fraction of sp³-hybridized carbons (Fsp3) is 0.800. The van der Waals surface area contributed by atoms with Crippen molar-refractivity contribution in [3.63, 3.8) is 0 Å². The third kappa shape index (κ3) is 7.97. The second kappa shape index (κ2) is 8.73. The minimum Gasteiger partial charge on any atom is -0.444 e. The molecule has 0 bridgehead atoms. The molecule has 126 valence electrons. The Morgan fingerprint density at radius 1 is 1.32 bits per heavy atom. The van der Waals surface area contributed by atoms with Crippen LogP contribution in [0.2, 0.25) is 0 Å². The molecule has 0 aliphatic heterocycles. The topological polar surface area (TPSA) is 81.1 Å². The Labute approximate surface area is 132 Å². The molecule has 7 heteroatoms. The highest BCUT2D eigenvalue weighted by molar-refractivity contribution is 5.67. The molecule has 0 radical (unpaired) electrons. The molecule has 0 aliphatic rings. The van der Waals surface area contributed by atoms with Gasteiger partial charge in [0.25, 0.3) is 0 Å². The summed E-state index contributed by atoms with van der Waals surface area (Å²) in [5, 5.41) is 13.9. The number of alkyl carbamates (subject to hydrolysis) is 1. The minimum absolute atomic E-state index is 0.350. The summed E-state index contributed by atoms with van der Waals surface area (Å²) in [7, 11) is 0. The SMILES string of the molecule is CC(C)C(CNCCn1ccnn1)CNC(=O)OC(C)(C)C. The Balaban J connectivity index is 2.25. The normalized spacial score (nSPS) is 13.2. The van der Waals surface area contributed by atoms with Crippen molar-refractivity contribution in [1.82, 2.24) is 25.6 Å². The van der Waals surface area contributed by atoms with E-state index in [0.29, 0.717) is 18.4 Å². The molecule has 1 amide bonds. The molecule has 0 fully saturated rings. The van der Waals surface area contributed by atoms with E-state index in [-0.39, 0.29) is 6.09 Å². The van der Waals surface area contributed by atoms with Gasteiger partial charge in [0.05, 0.1) is 12.7 Å². The zero-order chi connectivity index (χ0) is 16.6. The first-order chi connectivity index (χ1) is 10.3. The highest BCUT2D eigenvalue weighted by atomic mass is 16.6. The highest BCUT2D eigenvalue weighted by Gasteiger charge is 2.18. The molecule has 1 unspecified atom stereocenters. The van der Waals surface area contributed by atoms with Gasteiger partial charge in [-0.2, -0.15) is 0 Å². The van der Waals surface area contributed by atoms with Crippen molar-refractivity contribution < 1.29 is 9.53 Å². The largest absolute Gasteiger partial charge is 0.444 e. The van der Waals surface area contributed by atoms with Crippen LogP contribution in [-0.4, -0.2) is 46.3 Å². The van der Waals surface area contributed by atoms with E-state index in [2.05, 4.69) is 34.8 Å². The van der Waals surface area contributed by atoms with Gasteiger partial charge in [-0.25, -0.2) is 4.79 Å². The maximum Gasteiger partial charge on any atom is 0.407 e. The second-order valence-corrected chi connectivity index (χ2v) is 6.76. The minimum atomic E-state index is -0.465. The van der Waals surface area contributed by atoms with Gasteiger partial charge in [0.2, 0.25) is 0 Å². The van der Waals surface area contributed by atoms with Crippen LogP contribution in [-0.2, 0) is 11.3 Å². The van der Waals surface area contributed by atoms with Crippen molar-refractivity contribution in [3.05, 3.63) is 12.4 Å². The van der Waals surface area contributed by atoms with Crippen molar-refractivity contribution >= 4 is 6.09 Å². The predicted octanol–water partition coefficient (Wildman–Crippen LogP) is 1.66. The lowest BCUT2D eigenvalue weighted by atomic mass is 9.96. The van der Waals surface area contributed by atoms with Crippen molar-refractivity contribution in [2.24, 2.45) is 11.8 Å². The molecule has 0 saturated carbocycles. The zero-order valence-electron chi connectivity index (χ0n) is 14.3. The average molecular weight is 311 g/mol. The van der Waals surface area contributed by atoms with Crippen LogP contribution in [0.1, 0.15) is 34.6 Å². The molecule has 0 spiro atoms. The average Bonchev–Trinajstić information content (AvgIpc) is 2.88. The lowest BCUT2D eigenvalue weighted by Gasteiger charge is -2.24. The van der Waals surface area contributed by atoms with Gasteiger partial charge in [-0.1, -0.05) is 19.1 Å². The van der Waals surface area contributed by atoms with E-state index < -0.39 is 5.60 Å². The van der Waals surface area contributed by atoms with Gasteiger partial charge < -0.3 is 15.4 Å². The van der Waals surface area contributed by atoms with Crippen molar-refractivity contribution in [2.75, 3.05) is 19.6 Å². The molecule has 0 aliphatic carbocycles. The van der Waals surface area contributed by atoms with Gasteiger partial charge in [-0.15, -0.1) is 5.10 Å². The molecule has 1 heterocycles. The summed E-state index contributed by atoms with van der Waals surface area (Å²) in [6, 6.07) is 0. The Kier molecular flexibility index (Phi) is 7.31. The van der Waals surface area contributed by atoms with E-state index in [9.17, 15) is 4.79 Å². The Bertz CT molecular complexity index is 426. The summed E-state index contributed by atoms with van der Waals surface area (Å²) < 4.78 is 7.04. The molecular formula is C15H29N5O2. The summed E-state index contributed by atoms with van der Waals surface area (Å²) in [5.74, 6) is 0.817. The molecule has 0 saturated heterocycles. The summed E-state index contributed by atoms with van der Waals surface area (Å²) in [4.78, 5) is 11.7. The molecule has 2 N–H and O–H groups in total.